The van der Waals surface area contributed by atoms with Crippen molar-refractivity contribution in [1.82, 2.24) is 44.6 Å². The first-order valence-electron chi connectivity index (χ1n) is 52.1. The monoisotopic (exact) mass is 1980 g/mol. The number of carbonyl (C=O) groups excluding carboxylic acids is 9. The van der Waals surface area contributed by atoms with Crippen molar-refractivity contribution in [2.75, 3.05) is 41.0 Å². The van der Waals surface area contributed by atoms with Gasteiger partial charge in [-0.25, -0.2) is 44.3 Å². The fourth-order valence-corrected chi connectivity index (χ4v) is 20.5. The summed E-state index contributed by atoms with van der Waals surface area (Å²) in [6.07, 6.45) is 22.3. The van der Waals surface area contributed by atoms with Gasteiger partial charge in [-0.15, -0.1) is 6.58 Å². The maximum atomic E-state index is 14.7. The van der Waals surface area contributed by atoms with E-state index in [2.05, 4.69) is 26.2 Å². The van der Waals surface area contributed by atoms with Gasteiger partial charge in [0.1, 0.15) is 106 Å². The van der Waals surface area contributed by atoms with Crippen molar-refractivity contribution in [1.29, 1.82) is 0 Å². The molecule has 8 heterocycles. The van der Waals surface area contributed by atoms with E-state index in [1.54, 1.807) is 68.9 Å². The number of fused-ring (bicyclic) bond motifs is 11. The minimum absolute atomic E-state index is 0.0464. The van der Waals surface area contributed by atoms with Crippen LogP contribution in [0.3, 0.4) is 0 Å². The molecule has 0 unspecified atom stereocenters. The highest BCUT2D eigenvalue weighted by Gasteiger charge is 2.58. The minimum atomic E-state index is -0.920. The number of amides is 3. The number of likely N-dealkylation sites (tertiary alicyclic amines) is 1. The Balaban J connectivity index is 0.000000191. The standard InChI is InChI=1S/C39H55N3O7.C37H53N3O7.C37H51N3O7/c1-11-14-15-17-24-20-31(24)47-33(43)22-27(38(4,5)6)36(44)42-23-32(26(16-12-2)34(42)37(45)49-39(7,8)9)48-35-28(13-3)40-29-19-18-25(46-10)21-30(29)41-35;2*1-9-13-24-30-21-40(32(24)35(43)47-37(5,6)7)34(42)25(36(2,3)4)20-31(41)45-29-18-22(29)14-11-10-12-15-27-33(46-30)39-28-19-23(44-8)16-17-26(28)38-27/h11,13,18-19,21,24,26-27,31-32,34H,1,3,12,14-17,20,22-23H2,2,4-10H3;16-17,19,22,24-25,29-30,32H,9-15,18,20-21H2,1-8H3;12,15-17,19,22,24-25,29-30,32H,9-11,13-14,18,20-21H2,1-8H3/b;;15-12+/t24-,26-,27-,31-,32+,34+;2*22-,24-,25-,29-,30+,32+/m111/s1. The lowest BCUT2D eigenvalue weighted by atomic mass is 9.77. The van der Waals surface area contributed by atoms with Gasteiger partial charge in [-0.05, 0) is 241 Å². The second-order valence-electron chi connectivity index (χ2n) is 46.4. The second-order valence-corrected chi connectivity index (χ2v) is 46.4. The highest BCUT2D eigenvalue weighted by Crippen LogP contribution is 2.48. The van der Waals surface area contributed by atoms with Crippen molar-refractivity contribution in [3.05, 3.63) is 97.0 Å². The zero-order valence-corrected chi connectivity index (χ0v) is 89.3. The van der Waals surface area contributed by atoms with Gasteiger partial charge in [0.15, 0.2) is 0 Å². The number of methoxy groups -OCH3 is 3. The van der Waals surface area contributed by atoms with E-state index in [0.717, 1.165) is 114 Å². The van der Waals surface area contributed by atoms with E-state index in [4.69, 9.17) is 86.7 Å². The van der Waals surface area contributed by atoms with Crippen molar-refractivity contribution in [3.63, 3.8) is 0 Å². The molecule has 0 spiro atoms. The lowest BCUT2D eigenvalue weighted by Crippen LogP contribution is -2.50. The largest absolute Gasteiger partial charge is 0.497 e. The number of hydrogen-bond donors (Lipinski definition) is 0. The third kappa shape index (κ3) is 29.2. The van der Waals surface area contributed by atoms with E-state index < -0.39 is 117 Å². The molecule has 3 saturated heterocycles. The number of aromatic nitrogens is 6. The van der Waals surface area contributed by atoms with Gasteiger partial charge in [-0.3, -0.25) is 28.8 Å². The Hall–Kier alpha value is -11.1. The number of benzene rings is 3. The van der Waals surface area contributed by atoms with Crippen molar-refractivity contribution in [3.8, 4) is 34.9 Å². The maximum Gasteiger partial charge on any atom is 0.329 e. The molecule has 3 aromatic heterocycles. The Labute approximate surface area is 845 Å². The number of esters is 6. The topological polar surface area (TPSA) is 351 Å². The first kappa shape index (κ1) is 111. The number of carbonyl (C=O) groups is 9. The molecular weight excluding hydrogens is 1820 g/mol. The number of hydrogen-bond acceptors (Lipinski definition) is 27. The molecule has 4 bridgehead atoms. The molecule has 3 aromatic carbocycles. The van der Waals surface area contributed by atoms with Gasteiger partial charge in [0.05, 0.1) is 111 Å². The van der Waals surface area contributed by atoms with E-state index in [0.29, 0.717) is 111 Å². The van der Waals surface area contributed by atoms with Crippen LogP contribution in [0.25, 0.3) is 45.3 Å². The van der Waals surface area contributed by atoms with Crippen LogP contribution in [-0.4, -0.2) is 211 Å². The molecule has 6 fully saturated rings. The van der Waals surface area contributed by atoms with Crippen LogP contribution >= 0.6 is 0 Å². The summed E-state index contributed by atoms with van der Waals surface area (Å²) in [5.74, 6) is -2.66. The fraction of sp³-hybridized carbons (Fsp3) is 0.655. The van der Waals surface area contributed by atoms with Crippen LogP contribution < -0.4 is 28.4 Å². The summed E-state index contributed by atoms with van der Waals surface area (Å²) in [4.78, 5) is 160. The quantitative estimate of drug-likeness (QED) is 0.0249. The summed E-state index contributed by atoms with van der Waals surface area (Å²) in [5.41, 5.74) is 1.73. The molecule has 3 saturated carbocycles. The molecule has 14 rings (SSSR count). The summed E-state index contributed by atoms with van der Waals surface area (Å²) in [6, 6.07) is 13.9. The van der Waals surface area contributed by atoms with E-state index >= 15 is 0 Å². The van der Waals surface area contributed by atoms with Crippen molar-refractivity contribution in [2.24, 2.45) is 69.5 Å². The van der Waals surface area contributed by atoms with Gasteiger partial charge in [-0.1, -0.05) is 134 Å². The van der Waals surface area contributed by atoms with E-state index in [1.807, 2.05) is 178 Å². The van der Waals surface area contributed by atoms with E-state index in [1.165, 1.54) is 0 Å². The van der Waals surface area contributed by atoms with Gasteiger partial charge in [0.25, 0.3) is 0 Å². The van der Waals surface area contributed by atoms with Crippen LogP contribution in [0.1, 0.15) is 304 Å². The number of rotatable bonds is 23. The predicted molar refractivity (Wildman–Crippen MR) is 547 cm³/mol. The predicted octanol–water partition coefficient (Wildman–Crippen LogP) is 20.3. The third-order valence-electron chi connectivity index (χ3n) is 28.3. The number of unbranched alkanes of at least 4 members (excludes halogenated alkanes) is 1. The van der Waals surface area contributed by atoms with Gasteiger partial charge in [0.2, 0.25) is 35.4 Å². The van der Waals surface area contributed by atoms with Crippen molar-refractivity contribution in [2.45, 2.75) is 365 Å². The van der Waals surface area contributed by atoms with Crippen LogP contribution in [0.5, 0.6) is 34.9 Å². The van der Waals surface area contributed by atoms with Crippen LogP contribution in [0.4, 0.5) is 0 Å². The molecule has 6 aromatic rings. The molecule has 3 aliphatic carbocycles. The Morgan fingerprint density at radius 1 is 0.497 bits per heavy atom. The Morgan fingerprint density at radius 2 is 0.965 bits per heavy atom. The second kappa shape index (κ2) is 47.0. The zero-order valence-electron chi connectivity index (χ0n) is 89.3. The van der Waals surface area contributed by atoms with Crippen molar-refractivity contribution < 1.29 is 100.0 Å². The third-order valence-corrected chi connectivity index (χ3v) is 28.3. The highest BCUT2D eigenvalue weighted by atomic mass is 16.6. The first-order valence-corrected chi connectivity index (χ1v) is 52.1. The molecule has 30 heteroatoms. The van der Waals surface area contributed by atoms with Crippen LogP contribution in [0.15, 0.2) is 79.9 Å². The van der Waals surface area contributed by atoms with Gasteiger partial charge in [-0.2, -0.15) is 0 Å². The smallest absolute Gasteiger partial charge is 0.329 e. The van der Waals surface area contributed by atoms with E-state index in [9.17, 15) is 43.2 Å². The van der Waals surface area contributed by atoms with Crippen LogP contribution in [-0.2, 0) is 78.0 Å². The SMILES string of the molecule is C=CCCC[C@@H]1C[C@H]1OC(=O)C[C@H](C(=O)N1C[C@H](Oc2nc3cc(OC)ccc3nc2C=C)[C@@H](CCC)[C@H]1C(=O)OC(C)(C)C)C(C)(C)C.CCC[C@@H]1[C@@H]2CN(C(=O)[C@H](C(C)(C)C)CC(=O)O[C@@H]3C[C@H]3CCC/C=C/c3nc4ccc(OC)cc4nc3O2)[C@@H]1C(=O)OC(C)(C)C.CCC[C@@H]1[C@@H]2CN(C(=O)[C@H](C(C)(C)C)CC(=O)O[C@@H]3C[C@H]3CCCCCc3nc4ccc(OC)cc4nc3O2)[C@@H]1C(=O)OC(C)(C)C. The Bertz CT molecular complexity index is 5560. The van der Waals surface area contributed by atoms with E-state index in [-0.39, 0.29) is 105 Å². The van der Waals surface area contributed by atoms with Crippen molar-refractivity contribution >= 4 is 98.8 Å². The molecular formula is C113H159N9O21. The van der Waals surface area contributed by atoms with Crippen LogP contribution in [0.2, 0.25) is 0 Å². The van der Waals surface area contributed by atoms with Crippen LogP contribution in [0, 0.1) is 69.5 Å². The maximum absolute atomic E-state index is 14.7. The zero-order chi connectivity index (χ0) is 104. The number of ether oxygens (including phenoxy) is 12. The fourth-order valence-electron chi connectivity index (χ4n) is 20.5. The highest BCUT2D eigenvalue weighted by molar-refractivity contribution is 5.93. The Kier molecular flexibility index (Phi) is 36.4. The van der Waals surface area contributed by atoms with Gasteiger partial charge < -0.3 is 71.5 Å². The average molecular weight is 1980 g/mol. The Morgan fingerprint density at radius 3 is 1.44 bits per heavy atom. The average Bonchev–Trinajstić information content (AvgIpc) is 1.62. The summed E-state index contributed by atoms with van der Waals surface area (Å²) >= 11 is 0. The lowest BCUT2D eigenvalue weighted by molar-refractivity contribution is -0.167. The molecule has 0 radical (unpaired) electrons. The summed E-state index contributed by atoms with van der Waals surface area (Å²) in [7, 11) is 4.80. The van der Waals surface area contributed by atoms with Gasteiger partial charge >= 0.3 is 35.8 Å². The summed E-state index contributed by atoms with van der Waals surface area (Å²) < 4.78 is 71.8. The molecule has 782 valence electrons. The molecule has 18 atom stereocenters. The molecule has 0 N–H and O–H groups in total. The molecule has 30 nitrogen and oxygen atoms in total. The van der Waals surface area contributed by atoms with Gasteiger partial charge in [0, 0.05) is 36.0 Å². The normalized spacial score (nSPS) is 26.0. The first-order chi connectivity index (χ1) is 67.4. The molecule has 3 amide bonds. The number of allylic oxidation sites excluding steroid dienone is 2. The lowest BCUT2D eigenvalue weighted by Gasteiger charge is -2.35. The molecule has 5 aliphatic heterocycles. The number of nitrogens with zero attached hydrogens (tertiary/aromatic N) is 9. The number of aryl methyl sites for hydroxylation is 1. The molecule has 8 aliphatic rings. The molecule has 143 heavy (non-hydrogen) atoms. The summed E-state index contributed by atoms with van der Waals surface area (Å²) in [5, 5.41) is 0. The summed E-state index contributed by atoms with van der Waals surface area (Å²) in [6.45, 7) is 48.1. The minimum Gasteiger partial charge on any atom is -0.497 e.